The first kappa shape index (κ1) is 17.6. The van der Waals surface area contributed by atoms with Gasteiger partial charge in [-0.05, 0) is 19.9 Å². The molecule has 0 bridgehead atoms. The maximum atomic E-state index is 12.3. The van der Waals surface area contributed by atoms with Gasteiger partial charge in [-0.2, -0.15) is 0 Å². The Morgan fingerprint density at radius 3 is 2.52 bits per heavy atom. The molecule has 118 valence electrons. The minimum atomic E-state index is -0.201. The standard InChI is InChI=1S/C15H24ClN3O2/c1-5-19(3,6-2)8-7-18-15(20)11-9-12(16)13(17)10-14(11)21-4/h9-10H,5-8H2,1-4H3,(H2-,17,18,20)/p+1. The maximum absolute atomic E-state index is 12.3. The van der Waals surface area contributed by atoms with E-state index in [0.717, 1.165) is 24.1 Å². The lowest BCUT2D eigenvalue weighted by atomic mass is 10.1. The van der Waals surface area contributed by atoms with E-state index in [-0.39, 0.29) is 5.91 Å². The van der Waals surface area contributed by atoms with Gasteiger partial charge in [0.2, 0.25) is 0 Å². The number of nitrogen functional groups attached to an aromatic ring is 1. The number of nitrogens with two attached hydrogens (primary N) is 1. The van der Waals surface area contributed by atoms with E-state index >= 15 is 0 Å². The number of quaternary nitrogens is 1. The lowest BCUT2D eigenvalue weighted by molar-refractivity contribution is -0.904. The van der Waals surface area contributed by atoms with Gasteiger partial charge in [0.05, 0.1) is 56.6 Å². The first-order valence-corrected chi connectivity index (χ1v) is 7.49. The van der Waals surface area contributed by atoms with E-state index in [1.807, 2.05) is 0 Å². The van der Waals surface area contributed by atoms with E-state index in [2.05, 4.69) is 26.2 Å². The van der Waals surface area contributed by atoms with Gasteiger partial charge < -0.3 is 20.3 Å². The molecule has 0 aliphatic rings. The highest BCUT2D eigenvalue weighted by atomic mass is 35.5. The molecular formula is C15H25ClN3O2+. The summed E-state index contributed by atoms with van der Waals surface area (Å²) in [5, 5.41) is 3.26. The first-order valence-electron chi connectivity index (χ1n) is 7.11. The van der Waals surface area contributed by atoms with E-state index in [4.69, 9.17) is 22.1 Å². The quantitative estimate of drug-likeness (QED) is 0.599. The summed E-state index contributed by atoms with van der Waals surface area (Å²) < 4.78 is 6.11. The maximum Gasteiger partial charge on any atom is 0.255 e. The predicted molar refractivity (Wildman–Crippen MR) is 86.9 cm³/mol. The number of anilines is 1. The number of halogens is 1. The zero-order chi connectivity index (χ0) is 16.0. The van der Waals surface area contributed by atoms with E-state index in [1.54, 1.807) is 12.1 Å². The van der Waals surface area contributed by atoms with E-state index in [0.29, 0.717) is 28.6 Å². The Hall–Kier alpha value is -1.46. The molecule has 0 radical (unpaired) electrons. The van der Waals surface area contributed by atoms with Crippen LogP contribution < -0.4 is 15.8 Å². The number of rotatable bonds is 7. The van der Waals surface area contributed by atoms with Crippen molar-refractivity contribution < 1.29 is 14.0 Å². The smallest absolute Gasteiger partial charge is 0.255 e. The van der Waals surface area contributed by atoms with Gasteiger partial charge in [0.1, 0.15) is 5.75 Å². The molecule has 21 heavy (non-hydrogen) atoms. The van der Waals surface area contributed by atoms with Crippen molar-refractivity contribution >= 4 is 23.2 Å². The molecule has 1 aromatic rings. The van der Waals surface area contributed by atoms with Crippen LogP contribution in [-0.4, -0.2) is 50.7 Å². The van der Waals surface area contributed by atoms with Crippen molar-refractivity contribution in [2.45, 2.75) is 13.8 Å². The molecule has 0 atom stereocenters. The normalized spacial score (nSPS) is 11.3. The second-order valence-electron chi connectivity index (χ2n) is 5.31. The summed E-state index contributed by atoms with van der Waals surface area (Å²) in [6, 6.07) is 3.11. The largest absolute Gasteiger partial charge is 0.496 e. The van der Waals surface area contributed by atoms with Gasteiger partial charge in [-0.15, -0.1) is 0 Å². The molecule has 3 N–H and O–H groups in total. The summed E-state index contributed by atoms with van der Waals surface area (Å²) in [6.07, 6.45) is 0. The molecule has 1 rings (SSSR count). The molecule has 6 heteroatoms. The van der Waals surface area contributed by atoms with Crippen LogP contribution in [0.2, 0.25) is 5.02 Å². The summed E-state index contributed by atoms with van der Waals surface area (Å²) >= 11 is 5.97. The molecule has 0 saturated carbocycles. The molecule has 0 fully saturated rings. The van der Waals surface area contributed by atoms with Crippen molar-refractivity contribution in [3.05, 3.63) is 22.7 Å². The van der Waals surface area contributed by atoms with Crippen molar-refractivity contribution in [3.63, 3.8) is 0 Å². The topological polar surface area (TPSA) is 64.4 Å². The van der Waals surface area contributed by atoms with Crippen molar-refractivity contribution in [1.82, 2.24) is 5.32 Å². The number of ether oxygens (including phenoxy) is 1. The van der Waals surface area contributed by atoms with E-state index in [1.165, 1.54) is 7.11 Å². The van der Waals surface area contributed by atoms with Crippen molar-refractivity contribution in [3.8, 4) is 5.75 Å². The van der Waals surface area contributed by atoms with Crippen LogP contribution in [0.5, 0.6) is 5.75 Å². The number of hydrogen-bond donors (Lipinski definition) is 2. The van der Waals surface area contributed by atoms with Crippen LogP contribution in [0.4, 0.5) is 5.69 Å². The molecule has 0 saturated heterocycles. The third-order valence-electron chi connectivity index (χ3n) is 4.03. The Morgan fingerprint density at radius 1 is 1.38 bits per heavy atom. The molecule has 1 aromatic carbocycles. The lowest BCUT2D eigenvalue weighted by Crippen LogP contribution is -2.48. The number of carbonyl (C=O) groups is 1. The predicted octanol–water partition coefficient (Wildman–Crippen LogP) is 2.15. The van der Waals surface area contributed by atoms with Crippen LogP contribution in [0.3, 0.4) is 0 Å². The van der Waals surface area contributed by atoms with Gasteiger partial charge in [-0.25, -0.2) is 0 Å². The Morgan fingerprint density at radius 2 is 2.00 bits per heavy atom. The fraction of sp³-hybridized carbons (Fsp3) is 0.533. The molecule has 0 aromatic heterocycles. The zero-order valence-electron chi connectivity index (χ0n) is 13.2. The number of hydrogen-bond acceptors (Lipinski definition) is 3. The number of carbonyl (C=O) groups excluding carboxylic acids is 1. The molecule has 0 spiro atoms. The molecule has 5 nitrogen and oxygen atoms in total. The summed E-state index contributed by atoms with van der Waals surface area (Å²) in [7, 11) is 3.68. The van der Waals surface area contributed by atoms with Crippen molar-refractivity contribution in [2.75, 3.05) is 46.1 Å². The van der Waals surface area contributed by atoms with E-state index in [9.17, 15) is 4.79 Å². The second-order valence-corrected chi connectivity index (χ2v) is 5.71. The van der Waals surface area contributed by atoms with Crippen molar-refractivity contribution in [2.24, 2.45) is 0 Å². The zero-order valence-corrected chi connectivity index (χ0v) is 14.0. The highest BCUT2D eigenvalue weighted by molar-refractivity contribution is 6.33. The number of methoxy groups -OCH3 is 1. The molecule has 0 aliphatic heterocycles. The van der Waals surface area contributed by atoms with Crippen LogP contribution in [0, 0.1) is 0 Å². The van der Waals surface area contributed by atoms with Gasteiger partial charge in [-0.1, -0.05) is 11.6 Å². The van der Waals surface area contributed by atoms with Crippen molar-refractivity contribution in [1.29, 1.82) is 0 Å². The number of benzene rings is 1. The molecule has 1 amide bonds. The number of nitrogens with zero attached hydrogens (tertiary/aromatic N) is 1. The van der Waals surface area contributed by atoms with Gasteiger partial charge >= 0.3 is 0 Å². The monoisotopic (exact) mass is 314 g/mol. The average Bonchev–Trinajstić information content (AvgIpc) is 2.49. The summed E-state index contributed by atoms with van der Waals surface area (Å²) in [5.41, 5.74) is 6.51. The fourth-order valence-electron chi connectivity index (χ4n) is 1.99. The Bertz CT molecular complexity index is 502. The minimum absolute atomic E-state index is 0.201. The Labute approximate surface area is 131 Å². The SMILES string of the molecule is CC[N+](C)(CC)CCNC(=O)c1cc(Cl)c(N)cc1OC. The third-order valence-corrected chi connectivity index (χ3v) is 4.35. The Kier molecular flexibility index (Phi) is 6.30. The van der Waals surface area contributed by atoms with E-state index < -0.39 is 0 Å². The molecule has 0 unspecified atom stereocenters. The average molecular weight is 315 g/mol. The van der Waals surface area contributed by atoms with Crippen LogP contribution in [0.15, 0.2) is 12.1 Å². The number of amides is 1. The van der Waals surface area contributed by atoms with Gasteiger partial charge in [0.15, 0.2) is 0 Å². The molecule has 0 heterocycles. The molecular weight excluding hydrogens is 290 g/mol. The fourth-order valence-corrected chi connectivity index (χ4v) is 2.15. The number of likely N-dealkylation sites (N-methyl/N-ethyl adjacent to an activating group) is 1. The van der Waals surface area contributed by atoms with Crippen LogP contribution in [-0.2, 0) is 0 Å². The van der Waals surface area contributed by atoms with Gasteiger partial charge in [0.25, 0.3) is 5.91 Å². The first-order chi connectivity index (χ1) is 9.86. The summed E-state index contributed by atoms with van der Waals surface area (Å²) in [4.78, 5) is 12.3. The van der Waals surface area contributed by atoms with Gasteiger partial charge in [0, 0.05) is 6.07 Å². The summed E-state index contributed by atoms with van der Waals surface area (Å²) in [5.74, 6) is 0.227. The highest BCUT2D eigenvalue weighted by Gasteiger charge is 2.18. The highest BCUT2D eigenvalue weighted by Crippen LogP contribution is 2.28. The van der Waals surface area contributed by atoms with Crippen LogP contribution >= 0.6 is 11.6 Å². The third kappa shape index (κ3) is 4.51. The molecule has 0 aliphatic carbocycles. The van der Waals surface area contributed by atoms with Crippen LogP contribution in [0.1, 0.15) is 24.2 Å². The number of nitrogens with one attached hydrogen (secondary N) is 1. The van der Waals surface area contributed by atoms with Gasteiger partial charge in [-0.3, -0.25) is 4.79 Å². The minimum Gasteiger partial charge on any atom is -0.496 e. The lowest BCUT2D eigenvalue weighted by Gasteiger charge is -2.32. The summed E-state index contributed by atoms with van der Waals surface area (Å²) in [6.45, 7) is 7.83. The Balaban J connectivity index is 2.74. The second kappa shape index (κ2) is 7.52. The van der Waals surface area contributed by atoms with Crippen LogP contribution in [0.25, 0.3) is 0 Å².